The molecule has 3 heterocycles. The van der Waals surface area contributed by atoms with Crippen LogP contribution in [0.4, 0.5) is 13.2 Å². The van der Waals surface area contributed by atoms with Crippen molar-refractivity contribution in [1.29, 1.82) is 0 Å². The molecule has 4 rings (SSSR count). The van der Waals surface area contributed by atoms with Crippen molar-refractivity contribution < 1.29 is 18.0 Å². The molecule has 3 nitrogen and oxygen atoms in total. The number of carbonyl (C=O) groups excluding carboxylic acids is 1. The Morgan fingerprint density at radius 2 is 1.81 bits per heavy atom. The van der Waals surface area contributed by atoms with Crippen LogP contribution in [0.25, 0.3) is 10.2 Å². The zero-order valence-corrected chi connectivity index (χ0v) is 16.6. The molecule has 0 unspecified atom stereocenters. The van der Waals surface area contributed by atoms with Gasteiger partial charge in [0.2, 0.25) is 0 Å². The number of amides is 1. The minimum absolute atomic E-state index is 0.0188. The first-order valence-electron chi connectivity index (χ1n) is 8.56. The quantitative estimate of drug-likeness (QED) is 0.491. The Hall–Kier alpha value is -1.80. The fraction of sp³-hybridized carbons (Fsp3) is 0.316. The maximum atomic E-state index is 13.0. The van der Waals surface area contributed by atoms with Gasteiger partial charge in [-0.1, -0.05) is 12.1 Å². The van der Waals surface area contributed by atoms with Gasteiger partial charge >= 0.3 is 6.18 Å². The average Bonchev–Trinajstić information content (AvgIpc) is 3.34. The molecule has 0 N–H and O–H groups in total. The topological polar surface area (TPSA) is 25.2 Å². The molecule has 0 spiro atoms. The number of alkyl halides is 3. The molecule has 0 atom stereocenters. The molecule has 27 heavy (non-hydrogen) atoms. The highest BCUT2D eigenvalue weighted by molar-refractivity contribution is 9.10. The molecule has 1 aromatic carbocycles. The predicted molar refractivity (Wildman–Crippen MR) is 103 cm³/mol. The SMILES string of the molecule is O=C(c1cc2scc(Br)c2n1Cc1ccc(C(F)(F)F)cc1)N1CCCC1. The molecule has 142 valence electrons. The van der Waals surface area contributed by atoms with E-state index in [1.165, 1.54) is 23.5 Å². The van der Waals surface area contributed by atoms with Gasteiger partial charge in [-0.2, -0.15) is 13.2 Å². The fourth-order valence-corrected chi connectivity index (χ4v) is 5.13. The Labute approximate surface area is 166 Å². The van der Waals surface area contributed by atoms with Gasteiger partial charge in [-0.3, -0.25) is 4.79 Å². The summed E-state index contributed by atoms with van der Waals surface area (Å²) in [5.74, 6) is -0.0188. The summed E-state index contributed by atoms with van der Waals surface area (Å²) in [6, 6.07) is 6.99. The van der Waals surface area contributed by atoms with Crippen LogP contribution in [-0.2, 0) is 12.7 Å². The predicted octanol–water partition coefficient (Wildman–Crippen LogP) is 5.77. The zero-order valence-electron chi connectivity index (χ0n) is 14.2. The van der Waals surface area contributed by atoms with Gasteiger partial charge in [0, 0.05) is 25.0 Å². The normalized spacial score (nSPS) is 15.0. The van der Waals surface area contributed by atoms with Crippen molar-refractivity contribution >= 4 is 43.4 Å². The molecule has 3 aromatic rings. The summed E-state index contributed by atoms with van der Waals surface area (Å²) in [6.07, 6.45) is -2.35. The van der Waals surface area contributed by atoms with Crippen LogP contribution in [-0.4, -0.2) is 28.5 Å². The Balaban J connectivity index is 1.72. The average molecular weight is 457 g/mol. The molecule has 0 aliphatic carbocycles. The van der Waals surface area contributed by atoms with E-state index in [1.54, 1.807) is 0 Å². The van der Waals surface area contributed by atoms with Gasteiger partial charge in [0.25, 0.3) is 5.91 Å². The van der Waals surface area contributed by atoms with Crippen LogP contribution in [0, 0.1) is 0 Å². The zero-order chi connectivity index (χ0) is 19.2. The van der Waals surface area contributed by atoms with Crippen molar-refractivity contribution in [3.05, 3.63) is 57.0 Å². The van der Waals surface area contributed by atoms with Crippen LogP contribution in [0.1, 0.15) is 34.5 Å². The van der Waals surface area contributed by atoms with Crippen LogP contribution in [0.5, 0.6) is 0 Å². The molecule has 8 heteroatoms. The first kappa shape index (κ1) is 18.6. The summed E-state index contributed by atoms with van der Waals surface area (Å²) >= 11 is 5.07. The first-order chi connectivity index (χ1) is 12.8. The van der Waals surface area contributed by atoms with E-state index in [0.29, 0.717) is 17.8 Å². The molecule has 1 saturated heterocycles. The first-order valence-corrected chi connectivity index (χ1v) is 10.2. The van der Waals surface area contributed by atoms with Gasteiger partial charge in [-0.25, -0.2) is 0 Å². The molecular formula is C19H16BrF3N2OS. The van der Waals surface area contributed by atoms with Crippen LogP contribution < -0.4 is 0 Å². The highest BCUT2D eigenvalue weighted by Gasteiger charge is 2.30. The lowest BCUT2D eigenvalue weighted by Crippen LogP contribution is -2.29. The third kappa shape index (κ3) is 3.52. The second-order valence-electron chi connectivity index (χ2n) is 6.61. The summed E-state index contributed by atoms with van der Waals surface area (Å²) in [6.45, 7) is 1.84. The second kappa shape index (κ2) is 6.98. The van der Waals surface area contributed by atoms with Crippen molar-refractivity contribution in [3.8, 4) is 0 Å². The minimum Gasteiger partial charge on any atom is -0.337 e. The van der Waals surface area contributed by atoms with E-state index >= 15 is 0 Å². The van der Waals surface area contributed by atoms with E-state index in [9.17, 15) is 18.0 Å². The van der Waals surface area contributed by atoms with Crippen LogP contribution in [0.2, 0.25) is 0 Å². The molecular weight excluding hydrogens is 441 g/mol. The van der Waals surface area contributed by atoms with E-state index in [1.807, 2.05) is 20.9 Å². The number of hydrogen-bond acceptors (Lipinski definition) is 2. The van der Waals surface area contributed by atoms with Gasteiger partial charge in [-0.05, 0) is 52.5 Å². The summed E-state index contributed by atoms with van der Waals surface area (Å²) in [4.78, 5) is 14.8. The molecule has 0 bridgehead atoms. The van der Waals surface area contributed by atoms with Gasteiger partial charge in [-0.15, -0.1) is 11.3 Å². The highest BCUT2D eigenvalue weighted by Crippen LogP contribution is 2.35. The van der Waals surface area contributed by atoms with Gasteiger partial charge in [0.1, 0.15) is 5.69 Å². The summed E-state index contributed by atoms with van der Waals surface area (Å²) in [7, 11) is 0. The number of aromatic nitrogens is 1. The maximum absolute atomic E-state index is 13.0. The lowest BCUT2D eigenvalue weighted by Gasteiger charge is -2.18. The van der Waals surface area contributed by atoms with E-state index in [0.717, 1.165) is 52.8 Å². The summed E-state index contributed by atoms with van der Waals surface area (Å²) in [5.41, 5.74) is 1.53. The van der Waals surface area contributed by atoms with Crippen LogP contribution in [0.15, 0.2) is 40.2 Å². The number of rotatable bonds is 3. The summed E-state index contributed by atoms with van der Waals surface area (Å²) in [5, 5.41) is 1.96. The third-order valence-electron chi connectivity index (χ3n) is 4.81. The van der Waals surface area contributed by atoms with Gasteiger partial charge in [0.05, 0.1) is 20.3 Å². The number of likely N-dealkylation sites (tertiary alicyclic amines) is 1. The highest BCUT2D eigenvalue weighted by atomic mass is 79.9. The van der Waals surface area contributed by atoms with E-state index < -0.39 is 11.7 Å². The summed E-state index contributed by atoms with van der Waals surface area (Å²) < 4.78 is 42.2. The minimum atomic E-state index is -4.35. The molecule has 1 aliphatic rings. The van der Waals surface area contributed by atoms with Gasteiger partial charge < -0.3 is 9.47 Å². The third-order valence-corrected chi connectivity index (χ3v) is 6.64. The Morgan fingerprint density at radius 1 is 1.15 bits per heavy atom. The smallest absolute Gasteiger partial charge is 0.337 e. The van der Waals surface area contributed by atoms with E-state index in [-0.39, 0.29) is 5.91 Å². The monoisotopic (exact) mass is 456 g/mol. The van der Waals surface area contributed by atoms with Crippen LogP contribution in [0.3, 0.4) is 0 Å². The largest absolute Gasteiger partial charge is 0.416 e. The van der Waals surface area contributed by atoms with Crippen molar-refractivity contribution in [1.82, 2.24) is 9.47 Å². The Kier molecular flexibility index (Phi) is 4.80. The standard InChI is InChI=1S/C19H16BrF3N2OS/c20-14-11-27-16-9-15(18(26)24-7-1-2-8-24)25(17(14)16)10-12-3-5-13(6-4-12)19(21,22)23/h3-6,9,11H,1-2,7-8,10H2. The molecule has 0 radical (unpaired) electrons. The molecule has 2 aromatic heterocycles. The van der Waals surface area contributed by atoms with Gasteiger partial charge in [0.15, 0.2) is 0 Å². The fourth-order valence-electron chi connectivity index (χ4n) is 3.44. The lowest BCUT2D eigenvalue weighted by atomic mass is 10.1. The van der Waals surface area contributed by atoms with Crippen molar-refractivity contribution in [2.24, 2.45) is 0 Å². The van der Waals surface area contributed by atoms with Crippen molar-refractivity contribution in [3.63, 3.8) is 0 Å². The number of carbonyl (C=O) groups is 1. The number of nitrogens with zero attached hydrogens (tertiary/aromatic N) is 2. The van der Waals surface area contributed by atoms with Crippen molar-refractivity contribution in [2.75, 3.05) is 13.1 Å². The van der Waals surface area contributed by atoms with E-state index in [2.05, 4.69) is 15.9 Å². The van der Waals surface area contributed by atoms with E-state index in [4.69, 9.17) is 0 Å². The number of fused-ring (bicyclic) bond motifs is 1. The lowest BCUT2D eigenvalue weighted by molar-refractivity contribution is -0.137. The molecule has 1 fully saturated rings. The number of hydrogen-bond donors (Lipinski definition) is 0. The van der Waals surface area contributed by atoms with Crippen molar-refractivity contribution in [2.45, 2.75) is 25.6 Å². The molecule has 1 aliphatic heterocycles. The second-order valence-corrected chi connectivity index (χ2v) is 8.37. The molecule has 0 saturated carbocycles. The van der Waals surface area contributed by atoms with Crippen LogP contribution >= 0.6 is 27.3 Å². The Bertz CT molecular complexity index is 985. The number of benzene rings is 1. The molecule has 1 amide bonds. The maximum Gasteiger partial charge on any atom is 0.416 e. The number of halogens is 4. The Morgan fingerprint density at radius 3 is 2.44 bits per heavy atom. The number of thiophene rings is 1.